The van der Waals surface area contributed by atoms with Crippen LogP contribution in [0.2, 0.25) is 0 Å². The molecule has 6 nitrogen and oxygen atoms in total. The maximum Gasteiger partial charge on any atom is 0.307 e. The van der Waals surface area contributed by atoms with Gasteiger partial charge >= 0.3 is 5.97 Å². The Labute approximate surface area is 222 Å². The minimum Gasteiger partial charge on any atom is -0.493 e. The first kappa shape index (κ1) is 24.9. The third kappa shape index (κ3) is 4.53. The predicted octanol–water partition coefficient (Wildman–Crippen LogP) is 6.21. The normalized spacial score (nSPS) is 22.9. The largest absolute Gasteiger partial charge is 0.493 e. The summed E-state index contributed by atoms with van der Waals surface area (Å²) in [5.74, 6) is -0.446. The summed E-state index contributed by atoms with van der Waals surface area (Å²) in [6, 6.07) is 11.3. The highest BCUT2D eigenvalue weighted by molar-refractivity contribution is 5.77. The molecule has 0 amide bonds. The number of fused-ring (bicyclic) bond motifs is 1. The van der Waals surface area contributed by atoms with Crippen LogP contribution in [-0.2, 0) is 16.0 Å². The lowest BCUT2D eigenvalue weighted by molar-refractivity contribution is -0.138. The van der Waals surface area contributed by atoms with Crippen molar-refractivity contribution >= 4 is 11.7 Å². The molecule has 7 heteroatoms. The summed E-state index contributed by atoms with van der Waals surface area (Å²) in [5.41, 5.74) is 7.89. The van der Waals surface area contributed by atoms with E-state index in [0.717, 1.165) is 76.6 Å². The van der Waals surface area contributed by atoms with Gasteiger partial charge in [-0.15, -0.1) is 0 Å². The molecule has 198 valence electrons. The second kappa shape index (κ2) is 9.38. The summed E-state index contributed by atoms with van der Waals surface area (Å²) >= 11 is 0. The number of halogens is 1. The molecule has 2 aromatic carbocycles. The molecule has 6 rings (SSSR count). The van der Waals surface area contributed by atoms with Crippen molar-refractivity contribution in [2.75, 3.05) is 25.1 Å². The molecule has 0 bridgehead atoms. The van der Waals surface area contributed by atoms with Crippen LogP contribution in [0, 0.1) is 31.0 Å². The number of anilines is 1. The minimum absolute atomic E-state index is 0.00709. The average Bonchev–Trinajstić information content (AvgIpc) is 3.57. The Balaban J connectivity index is 1.22. The molecule has 38 heavy (non-hydrogen) atoms. The molecule has 1 aliphatic heterocycles. The van der Waals surface area contributed by atoms with Crippen molar-refractivity contribution in [3.8, 4) is 16.9 Å². The number of carboxylic acid groups (broad SMARTS) is 1. The number of benzene rings is 2. The lowest BCUT2D eigenvalue weighted by Crippen LogP contribution is -2.44. The van der Waals surface area contributed by atoms with Crippen LogP contribution in [0.5, 0.6) is 5.75 Å². The van der Waals surface area contributed by atoms with Crippen molar-refractivity contribution in [1.82, 2.24) is 4.98 Å². The van der Waals surface area contributed by atoms with Gasteiger partial charge < -0.3 is 19.9 Å². The molecule has 3 atom stereocenters. The molecular weight excluding hydrogens is 483 g/mol. The Morgan fingerprint density at radius 1 is 1.21 bits per heavy atom. The van der Waals surface area contributed by atoms with E-state index in [-0.39, 0.29) is 29.1 Å². The number of hydrogen-bond acceptors (Lipinski definition) is 5. The average molecular weight is 517 g/mol. The van der Waals surface area contributed by atoms with E-state index >= 15 is 4.39 Å². The maximum atomic E-state index is 15.2. The lowest BCUT2D eigenvalue weighted by Gasteiger charge is -2.37. The molecule has 1 aromatic heterocycles. The van der Waals surface area contributed by atoms with Crippen LogP contribution in [0.1, 0.15) is 59.7 Å². The number of carboxylic acids is 1. The Morgan fingerprint density at radius 2 is 1.97 bits per heavy atom. The van der Waals surface area contributed by atoms with Gasteiger partial charge in [-0.1, -0.05) is 13.0 Å². The number of nitrogens with one attached hydrogen (secondary N) is 1. The number of aliphatic carboxylic acids is 1. The van der Waals surface area contributed by atoms with Crippen LogP contribution < -0.4 is 10.1 Å². The van der Waals surface area contributed by atoms with E-state index in [1.165, 1.54) is 0 Å². The SMILES string of the molecule is Cc1cc(OCC2(C)COC2)cc(C)c1-c1ccc(F)c2c1CC[C@H]2Nc1ccc([C@@H]2C[C@H]2C(=O)O)nc1. The second-order valence-electron chi connectivity index (χ2n) is 11.5. The molecule has 1 saturated carbocycles. The van der Waals surface area contributed by atoms with Gasteiger partial charge in [0, 0.05) is 22.6 Å². The van der Waals surface area contributed by atoms with Crippen molar-refractivity contribution in [3.63, 3.8) is 0 Å². The number of nitrogens with zero attached hydrogens (tertiary/aromatic N) is 1. The molecule has 0 unspecified atom stereocenters. The number of hydrogen-bond donors (Lipinski definition) is 2. The third-order valence-electron chi connectivity index (χ3n) is 8.21. The Morgan fingerprint density at radius 3 is 2.58 bits per heavy atom. The highest BCUT2D eigenvalue weighted by Gasteiger charge is 2.45. The number of pyridine rings is 1. The number of ether oxygens (including phenoxy) is 2. The van der Waals surface area contributed by atoms with Crippen molar-refractivity contribution in [1.29, 1.82) is 0 Å². The van der Waals surface area contributed by atoms with Gasteiger partial charge in [-0.2, -0.15) is 0 Å². The topological polar surface area (TPSA) is 80.7 Å². The smallest absolute Gasteiger partial charge is 0.307 e. The summed E-state index contributed by atoms with van der Waals surface area (Å²) in [6.07, 6.45) is 3.94. The van der Waals surface area contributed by atoms with E-state index < -0.39 is 5.97 Å². The zero-order chi connectivity index (χ0) is 26.6. The van der Waals surface area contributed by atoms with E-state index in [1.54, 1.807) is 12.3 Å². The molecule has 2 N–H and O–H groups in total. The molecule has 0 spiro atoms. The summed E-state index contributed by atoms with van der Waals surface area (Å²) in [5, 5.41) is 12.6. The quantitative estimate of drug-likeness (QED) is 0.371. The second-order valence-corrected chi connectivity index (χ2v) is 11.5. The standard InChI is InChI=1S/C31H33FN2O4/c1-17-10-20(38-16-31(3)14-37-15-31)11-18(2)28(17)21-5-7-25(32)29-22(21)6-9-27(29)34-19-4-8-26(33-13-19)23-12-24(23)30(35)36/h4-5,7-8,10-11,13,23-24,27,34H,6,9,12,14-16H2,1-3H3,(H,35,36)/t23-,24-,27-/m1/s1. The number of aromatic nitrogens is 1. The van der Waals surface area contributed by atoms with Crippen molar-refractivity contribution in [2.24, 2.45) is 11.3 Å². The lowest BCUT2D eigenvalue weighted by atomic mass is 9.89. The highest BCUT2D eigenvalue weighted by Crippen LogP contribution is 2.47. The molecule has 2 heterocycles. The fourth-order valence-electron chi connectivity index (χ4n) is 6.02. The molecule has 0 radical (unpaired) electrons. The summed E-state index contributed by atoms with van der Waals surface area (Å²) in [6.45, 7) is 8.43. The van der Waals surface area contributed by atoms with Gasteiger partial charge in [0.05, 0.1) is 43.7 Å². The fraction of sp³-hybridized carbons (Fsp3) is 0.419. The van der Waals surface area contributed by atoms with Gasteiger partial charge in [-0.25, -0.2) is 4.39 Å². The van der Waals surface area contributed by atoms with E-state index in [0.29, 0.717) is 13.0 Å². The van der Waals surface area contributed by atoms with Crippen molar-refractivity contribution in [3.05, 3.63) is 76.4 Å². The maximum absolute atomic E-state index is 15.2. The third-order valence-corrected chi connectivity index (χ3v) is 8.21. The summed E-state index contributed by atoms with van der Waals surface area (Å²) in [4.78, 5) is 15.7. The van der Waals surface area contributed by atoms with Crippen LogP contribution in [0.4, 0.5) is 10.1 Å². The molecule has 3 aromatic rings. The zero-order valence-corrected chi connectivity index (χ0v) is 22.0. The van der Waals surface area contributed by atoms with Gasteiger partial charge in [-0.3, -0.25) is 9.78 Å². The Kier molecular flexibility index (Phi) is 6.14. The van der Waals surface area contributed by atoms with Gasteiger partial charge in [0.1, 0.15) is 11.6 Å². The molecule has 2 fully saturated rings. The van der Waals surface area contributed by atoms with Crippen molar-refractivity contribution < 1.29 is 23.8 Å². The van der Waals surface area contributed by atoms with Gasteiger partial charge in [-0.05, 0) is 91.3 Å². The van der Waals surface area contributed by atoms with Crippen molar-refractivity contribution in [2.45, 2.75) is 52.0 Å². The number of carbonyl (C=O) groups is 1. The van der Waals surface area contributed by atoms with Gasteiger partial charge in [0.15, 0.2) is 0 Å². The number of aryl methyl sites for hydroxylation is 2. The van der Waals surface area contributed by atoms with Crippen LogP contribution in [0.25, 0.3) is 11.1 Å². The van der Waals surface area contributed by atoms with Gasteiger partial charge in [0.25, 0.3) is 0 Å². The first-order valence-corrected chi connectivity index (χ1v) is 13.3. The monoisotopic (exact) mass is 516 g/mol. The summed E-state index contributed by atoms with van der Waals surface area (Å²) < 4.78 is 26.7. The zero-order valence-electron chi connectivity index (χ0n) is 22.0. The first-order chi connectivity index (χ1) is 18.2. The van der Waals surface area contributed by atoms with E-state index in [9.17, 15) is 9.90 Å². The van der Waals surface area contributed by atoms with Crippen LogP contribution >= 0.6 is 0 Å². The Bertz CT molecular complexity index is 1380. The van der Waals surface area contributed by atoms with E-state index in [2.05, 4.69) is 43.2 Å². The Hall–Kier alpha value is -3.45. The molecular formula is C31H33FN2O4. The number of rotatable bonds is 8. The van der Waals surface area contributed by atoms with Crippen LogP contribution in [-0.4, -0.2) is 35.9 Å². The molecule has 1 saturated heterocycles. The van der Waals surface area contributed by atoms with E-state index in [1.807, 2.05) is 18.2 Å². The minimum atomic E-state index is -0.765. The van der Waals surface area contributed by atoms with Gasteiger partial charge in [0.2, 0.25) is 0 Å². The molecule has 2 aliphatic carbocycles. The summed E-state index contributed by atoms with van der Waals surface area (Å²) in [7, 11) is 0. The van der Waals surface area contributed by atoms with Crippen LogP contribution in [0.15, 0.2) is 42.6 Å². The fourth-order valence-corrected chi connectivity index (χ4v) is 6.02. The van der Waals surface area contributed by atoms with Crippen LogP contribution in [0.3, 0.4) is 0 Å². The predicted molar refractivity (Wildman–Crippen MR) is 143 cm³/mol. The van der Waals surface area contributed by atoms with E-state index in [4.69, 9.17) is 9.47 Å². The highest BCUT2D eigenvalue weighted by atomic mass is 19.1. The first-order valence-electron chi connectivity index (χ1n) is 13.3. The molecule has 3 aliphatic rings.